The fourth-order valence-electron chi connectivity index (χ4n) is 3.29. The summed E-state index contributed by atoms with van der Waals surface area (Å²) in [5, 5.41) is 14.5. The minimum atomic E-state index is -0.397. The van der Waals surface area contributed by atoms with Crippen LogP contribution in [0.25, 0.3) is 33.6 Å². The van der Waals surface area contributed by atoms with E-state index in [1.54, 1.807) is 30.7 Å². The Kier molecular flexibility index (Phi) is 5.28. The third-order valence-electron chi connectivity index (χ3n) is 4.90. The van der Waals surface area contributed by atoms with E-state index >= 15 is 0 Å². The van der Waals surface area contributed by atoms with Gasteiger partial charge in [0, 0.05) is 35.1 Å². The van der Waals surface area contributed by atoms with Gasteiger partial charge in [-0.3, -0.25) is 9.89 Å². The molecule has 0 unspecified atom stereocenters. The lowest BCUT2D eigenvalue weighted by Gasteiger charge is -2.06. The number of benzene rings is 1. The van der Waals surface area contributed by atoms with Gasteiger partial charge in [0.15, 0.2) is 11.6 Å². The molecule has 8 N–H and O–H groups in total. The number of allylic oxidation sites excluding steroid dienone is 1. The van der Waals surface area contributed by atoms with Gasteiger partial charge in [-0.05, 0) is 42.6 Å². The number of carbonyl (C=O) groups excluding carboxylic acids is 1. The average Bonchev–Trinajstić information content (AvgIpc) is 3.50. The number of anilines is 2. The molecule has 0 saturated carbocycles. The van der Waals surface area contributed by atoms with Crippen molar-refractivity contribution in [2.45, 2.75) is 0 Å². The van der Waals surface area contributed by atoms with Crippen molar-refractivity contribution in [3.63, 3.8) is 0 Å². The Morgan fingerprint density at radius 3 is 2.74 bits per heavy atom. The summed E-state index contributed by atoms with van der Waals surface area (Å²) in [6, 6.07) is 9.20. The number of aromatic nitrogens is 7. The lowest BCUT2D eigenvalue weighted by atomic mass is 10.2. The number of fused-ring (bicyclic) bond motifs is 2. The first-order valence-electron chi connectivity index (χ1n) is 10.1. The van der Waals surface area contributed by atoms with Crippen LogP contribution < -0.4 is 22.1 Å². The van der Waals surface area contributed by atoms with E-state index in [2.05, 4.69) is 45.8 Å². The van der Waals surface area contributed by atoms with E-state index in [1.165, 1.54) is 18.5 Å². The first-order chi connectivity index (χ1) is 16.6. The third kappa shape index (κ3) is 4.10. The number of nitrogens with one attached hydrogen (secondary N) is 4. The number of nitrogens with zero attached hydrogens (tertiary/aromatic N) is 5. The van der Waals surface area contributed by atoms with Crippen molar-refractivity contribution in [1.82, 2.24) is 40.4 Å². The van der Waals surface area contributed by atoms with Gasteiger partial charge >= 0.3 is 0 Å². The predicted octanol–water partition coefficient (Wildman–Crippen LogP) is 2.04. The number of amides is 1. The monoisotopic (exact) mass is 453 g/mol. The Morgan fingerprint density at radius 2 is 1.88 bits per heavy atom. The SMILES string of the molecule is N/C=C\C(=C/N)NC(=O)c1cc2cnc(-c3nccc(Nc4ccc5[nH]ncc5c4)n3)nc2[nH]1. The summed E-state index contributed by atoms with van der Waals surface area (Å²) in [7, 11) is 0. The van der Waals surface area contributed by atoms with Crippen LogP contribution in [0.4, 0.5) is 11.5 Å². The van der Waals surface area contributed by atoms with Crippen LogP contribution >= 0.6 is 0 Å². The molecule has 0 radical (unpaired) electrons. The van der Waals surface area contributed by atoms with Crippen molar-refractivity contribution in [1.29, 1.82) is 0 Å². The number of hydrogen-bond acceptors (Lipinski definition) is 9. The molecule has 1 amide bonds. The number of rotatable bonds is 6. The molecule has 0 spiro atoms. The van der Waals surface area contributed by atoms with Crippen molar-refractivity contribution in [3.05, 3.63) is 78.8 Å². The number of carbonyl (C=O) groups is 1. The Hall–Kier alpha value is -5.26. The van der Waals surface area contributed by atoms with Crippen LogP contribution in [-0.4, -0.2) is 41.0 Å². The topological polar surface area (TPSA) is 189 Å². The molecule has 12 heteroatoms. The summed E-state index contributed by atoms with van der Waals surface area (Å²) in [5.74, 6) is 0.825. The minimum Gasteiger partial charge on any atom is -0.405 e. The highest BCUT2D eigenvalue weighted by Crippen LogP contribution is 2.22. The number of aromatic amines is 2. The first-order valence-corrected chi connectivity index (χ1v) is 10.1. The van der Waals surface area contributed by atoms with Crippen molar-refractivity contribution in [2.24, 2.45) is 11.5 Å². The molecule has 0 fully saturated rings. The fourth-order valence-corrected chi connectivity index (χ4v) is 3.29. The van der Waals surface area contributed by atoms with E-state index < -0.39 is 5.91 Å². The highest BCUT2D eigenvalue weighted by Gasteiger charge is 2.14. The first kappa shape index (κ1) is 20.6. The van der Waals surface area contributed by atoms with Gasteiger partial charge in [-0.1, -0.05) is 0 Å². The second-order valence-corrected chi connectivity index (χ2v) is 7.18. The number of nitrogens with two attached hydrogens (primary N) is 2. The molecule has 0 aliphatic carbocycles. The van der Waals surface area contributed by atoms with Gasteiger partial charge in [-0.25, -0.2) is 19.9 Å². The molecule has 0 bridgehead atoms. The molecule has 168 valence electrons. The summed E-state index contributed by atoms with van der Waals surface area (Å²) in [6.07, 6.45) is 8.97. The highest BCUT2D eigenvalue weighted by atomic mass is 16.1. The van der Waals surface area contributed by atoms with E-state index in [4.69, 9.17) is 11.5 Å². The van der Waals surface area contributed by atoms with Crippen LogP contribution in [0.3, 0.4) is 0 Å². The maximum absolute atomic E-state index is 12.5. The lowest BCUT2D eigenvalue weighted by Crippen LogP contribution is -2.23. The predicted molar refractivity (Wildman–Crippen MR) is 127 cm³/mol. The molecule has 4 aromatic heterocycles. The third-order valence-corrected chi connectivity index (χ3v) is 4.90. The van der Waals surface area contributed by atoms with Crippen LogP contribution in [0.5, 0.6) is 0 Å². The number of H-pyrrole nitrogens is 2. The Labute approximate surface area is 192 Å². The van der Waals surface area contributed by atoms with Crippen LogP contribution in [0.1, 0.15) is 10.5 Å². The van der Waals surface area contributed by atoms with E-state index in [9.17, 15) is 4.79 Å². The zero-order valence-electron chi connectivity index (χ0n) is 17.6. The molecular formula is C22H19N11O. The second kappa shape index (κ2) is 8.70. The summed E-state index contributed by atoms with van der Waals surface area (Å²) in [6.45, 7) is 0. The molecule has 0 atom stereocenters. The van der Waals surface area contributed by atoms with Crippen LogP contribution in [-0.2, 0) is 0 Å². The Bertz CT molecular complexity index is 1560. The highest BCUT2D eigenvalue weighted by molar-refractivity contribution is 5.98. The standard InChI is InChI=1S/C22H19N11O/c23-5-3-15(9-24)29-22(34)17-8-13-10-26-21(32-19(13)30-17)20-25-6-4-18(31-20)28-14-1-2-16-12(7-14)11-27-33-16/h1-11H,23-24H2,(H,27,33)(H,29,34)(H,25,28,31)(H,26,30,32)/b5-3-,15-9+. The zero-order chi connectivity index (χ0) is 23.5. The average molecular weight is 453 g/mol. The smallest absolute Gasteiger partial charge is 0.272 e. The van der Waals surface area contributed by atoms with Gasteiger partial charge < -0.3 is 27.1 Å². The quantitative estimate of drug-likeness (QED) is 0.209. The van der Waals surface area contributed by atoms with Crippen molar-refractivity contribution >= 4 is 39.3 Å². The van der Waals surface area contributed by atoms with Crippen LogP contribution in [0.2, 0.25) is 0 Å². The van der Waals surface area contributed by atoms with Gasteiger partial charge in [0.2, 0.25) is 0 Å². The van der Waals surface area contributed by atoms with Crippen molar-refractivity contribution < 1.29 is 4.79 Å². The van der Waals surface area contributed by atoms with Crippen LogP contribution in [0.15, 0.2) is 73.1 Å². The molecule has 4 heterocycles. The maximum Gasteiger partial charge on any atom is 0.272 e. The molecule has 0 aliphatic rings. The Balaban J connectivity index is 1.39. The molecule has 5 rings (SSSR count). The summed E-state index contributed by atoms with van der Waals surface area (Å²) >= 11 is 0. The van der Waals surface area contributed by atoms with E-state index in [-0.39, 0.29) is 5.69 Å². The minimum absolute atomic E-state index is 0.289. The molecule has 5 aromatic rings. The van der Waals surface area contributed by atoms with Crippen LogP contribution in [0, 0.1) is 0 Å². The lowest BCUT2D eigenvalue weighted by molar-refractivity contribution is 0.0963. The second-order valence-electron chi connectivity index (χ2n) is 7.18. The summed E-state index contributed by atoms with van der Waals surface area (Å²) < 4.78 is 0. The molecule has 0 saturated heterocycles. The zero-order valence-corrected chi connectivity index (χ0v) is 17.6. The normalized spacial score (nSPS) is 11.9. The number of hydrogen-bond donors (Lipinski definition) is 6. The Morgan fingerprint density at radius 1 is 1.00 bits per heavy atom. The van der Waals surface area contributed by atoms with Gasteiger partial charge in [-0.15, -0.1) is 0 Å². The van der Waals surface area contributed by atoms with Gasteiger partial charge in [0.1, 0.15) is 17.2 Å². The molecule has 34 heavy (non-hydrogen) atoms. The van der Waals surface area contributed by atoms with E-state index in [0.717, 1.165) is 16.6 Å². The maximum atomic E-state index is 12.5. The molecule has 12 nitrogen and oxygen atoms in total. The summed E-state index contributed by atoms with van der Waals surface area (Å²) in [5.41, 5.74) is 13.8. The van der Waals surface area contributed by atoms with Gasteiger partial charge in [0.05, 0.1) is 17.4 Å². The fraction of sp³-hybridized carbons (Fsp3) is 0. The molecule has 1 aromatic carbocycles. The van der Waals surface area contributed by atoms with Gasteiger partial charge in [-0.2, -0.15) is 5.10 Å². The molecule has 0 aliphatic heterocycles. The summed E-state index contributed by atoms with van der Waals surface area (Å²) in [4.78, 5) is 33.1. The molecular weight excluding hydrogens is 434 g/mol. The largest absolute Gasteiger partial charge is 0.405 e. The van der Waals surface area contributed by atoms with Gasteiger partial charge in [0.25, 0.3) is 5.91 Å². The van der Waals surface area contributed by atoms with E-state index in [0.29, 0.717) is 34.2 Å². The van der Waals surface area contributed by atoms with Crippen molar-refractivity contribution in [2.75, 3.05) is 5.32 Å². The van der Waals surface area contributed by atoms with Crippen molar-refractivity contribution in [3.8, 4) is 11.6 Å². The van der Waals surface area contributed by atoms with E-state index in [1.807, 2.05) is 18.2 Å².